The summed E-state index contributed by atoms with van der Waals surface area (Å²) in [5.74, 6) is 0. The van der Waals surface area contributed by atoms with Gasteiger partial charge in [-0.15, -0.1) is 0 Å². The highest BCUT2D eigenvalue weighted by Gasteiger charge is 2.44. The minimum Gasteiger partial charge on any atom is -0.282 e. The molecule has 2 aromatic rings. The maximum atomic E-state index is 6.12. The van der Waals surface area contributed by atoms with Crippen molar-refractivity contribution in [1.82, 2.24) is 14.8 Å². The molecule has 202 valence electrons. The third kappa shape index (κ3) is 7.23. The molecule has 2 heterocycles. The third-order valence-corrected chi connectivity index (χ3v) is 12.5. The van der Waals surface area contributed by atoms with Gasteiger partial charge in [0.2, 0.25) is 5.11 Å². The molecule has 7 heteroatoms. The summed E-state index contributed by atoms with van der Waals surface area (Å²) in [6.07, 6.45) is 10.3. The second-order valence-electron chi connectivity index (χ2n) is 11.4. The number of nitrogens with one attached hydrogen (secondary N) is 1. The Morgan fingerprint density at radius 2 is 1.24 bits per heavy atom. The molecule has 0 saturated carbocycles. The van der Waals surface area contributed by atoms with Crippen molar-refractivity contribution in [3.63, 3.8) is 0 Å². The standard InChI is InChI=1S/C30H46N5PS/c1-30(2,3)36(33-22-14-4-5-15-23-33,34-24-16-6-7-17-25-34)32-29(37)31-35(28-20-12-9-13-21-28)26-27-18-10-8-11-19-27/h8-13,18-21H,4-7,14-17,22-26H2,1-3H3,(H,31,37). The molecule has 37 heavy (non-hydrogen) atoms. The molecule has 2 aromatic carbocycles. The van der Waals surface area contributed by atoms with E-state index in [1.54, 1.807) is 0 Å². The molecular formula is C30H46N5PS. The third-order valence-electron chi connectivity index (χ3n) is 7.57. The summed E-state index contributed by atoms with van der Waals surface area (Å²) in [7, 11) is -2.11. The minimum absolute atomic E-state index is 0.00439. The number of hydrogen-bond acceptors (Lipinski definition) is 2. The molecule has 0 unspecified atom stereocenters. The fourth-order valence-electron chi connectivity index (χ4n) is 5.80. The summed E-state index contributed by atoms with van der Waals surface area (Å²) >= 11 is 6.12. The van der Waals surface area contributed by atoms with Gasteiger partial charge in [-0.3, -0.25) is 19.8 Å². The fraction of sp³-hybridized carbons (Fsp3) is 0.567. The van der Waals surface area contributed by atoms with E-state index in [0.717, 1.165) is 38.4 Å². The molecule has 1 N–H and O–H groups in total. The maximum Gasteiger partial charge on any atom is 0.212 e. The van der Waals surface area contributed by atoms with Crippen LogP contribution in [0.15, 0.2) is 65.4 Å². The summed E-state index contributed by atoms with van der Waals surface area (Å²) in [6.45, 7) is 12.4. The summed E-state index contributed by atoms with van der Waals surface area (Å²) in [5, 5.41) is 2.77. The smallest absolute Gasteiger partial charge is 0.212 e. The Morgan fingerprint density at radius 3 is 1.70 bits per heavy atom. The van der Waals surface area contributed by atoms with Gasteiger partial charge in [0.05, 0.1) is 12.2 Å². The van der Waals surface area contributed by atoms with Gasteiger partial charge in [0.1, 0.15) is 7.36 Å². The molecule has 0 aromatic heterocycles. The molecule has 2 aliphatic heterocycles. The lowest BCUT2D eigenvalue weighted by Crippen LogP contribution is -2.44. The lowest BCUT2D eigenvalue weighted by molar-refractivity contribution is 0.368. The zero-order valence-corrected chi connectivity index (χ0v) is 24.8. The lowest BCUT2D eigenvalue weighted by Gasteiger charge is -2.51. The Balaban J connectivity index is 1.73. The summed E-state index contributed by atoms with van der Waals surface area (Å²) in [5.41, 5.74) is 5.92. The van der Waals surface area contributed by atoms with E-state index in [9.17, 15) is 0 Å². The fourth-order valence-corrected chi connectivity index (χ4v) is 10.8. The van der Waals surface area contributed by atoms with E-state index in [4.69, 9.17) is 17.0 Å². The van der Waals surface area contributed by atoms with Gasteiger partial charge < -0.3 is 0 Å². The predicted octanol–water partition coefficient (Wildman–Crippen LogP) is 8.06. The van der Waals surface area contributed by atoms with Crippen molar-refractivity contribution in [3.8, 4) is 0 Å². The van der Waals surface area contributed by atoms with Crippen LogP contribution in [-0.2, 0) is 6.54 Å². The van der Waals surface area contributed by atoms with Crippen LogP contribution in [0.25, 0.3) is 0 Å². The molecule has 0 spiro atoms. The van der Waals surface area contributed by atoms with Gasteiger partial charge in [0, 0.05) is 31.3 Å². The first-order valence-corrected chi connectivity index (χ1v) is 16.3. The Bertz CT molecular complexity index is 997. The second kappa shape index (κ2) is 13.4. The summed E-state index contributed by atoms with van der Waals surface area (Å²) < 4.78 is 11.2. The molecule has 2 saturated heterocycles. The number of nitrogens with zero attached hydrogens (tertiary/aromatic N) is 4. The first-order chi connectivity index (χ1) is 17.9. The molecule has 5 nitrogen and oxygen atoms in total. The van der Waals surface area contributed by atoms with E-state index < -0.39 is 7.36 Å². The number of hydrogen-bond donors (Lipinski definition) is 1. The molecule has 0 radical (unpaired) electrons. The normalized spacial score (nSPS) is 18.5. The van der Waals surface area contributed by atoms with Crippen molar-refractivity contribution >= 4 is 30.4 Å². The van der Waals surface area contributed by atoms with Crippen LogP contribution in [0.3, 0.4) is 0 Å². The number of benzene rings is 2. The van der Waals surface area contributed by atoms with Crippen LogP contribution in [0.1, 0.15) is 77.7 Å². The zero-order chi connectivity index (χ0) is 26.1. The molecule has 0 atom stereocenters. The molecule has 0 amide bonds. The van der Waals surface area contributed by atoms with E-state index in [-0.39, 0.29) is 5.16 Å². The van der Waals surface area contributed by atoms with Gasteiger partial charge in [0.15, 0.2) is 0 Å². The highest BCUT2D eigenvalue weighted by atomic mass is 32.1. The van der Waals surface area contributed by atoms with Crippen LogP contribution in [0.5, 0.6) is 0 Å². The second-order valence-corrected chi connectivity index (χ2v) is 15.6. The topological polar surface area (TPSA) is 34.1 Å². The number of hydrazine groups is 1. The largest absolute Gasteiger partial charge is 0.282 e. The van der Waals surface area contributed by atoms with Crippen molar-refractivity contribution in [1.29, 1.82) is 0 Å². The van der Waals surface area contributed by atoms with Gasteiger partial charge in [-0.1, -0.05) is 95.0 Å². The number of para-hydroxylation sites is 1. The van der Waals surface area contributed by atoms with Crippen LogP contribution in [0.2, 0.25) is 0 Å². The molecule has 0 bridgehead atoms. The average Bonchev–Trinajstić information content (AvgIpc) is 3.34. The predicted molar refractivity (Wildman–Crippen MR) is 164 cm³/mol. The van der Waals surface area contributed by atoms with Gasteiger partial charge in [0.25, 0.3) is 0 Å². The maximum absolute atomic E-state index is 6.12. The van der Waals surface area contributed by atoms with Gasteiger partial charge in [-0.05, 0) is 55.6 Å². The molecule has 4 rings (SSSR count). The van der Waals surface area contributed by atoms with E-state index in [0.29, 0.717) is 5.11 Å². The number of anilines is 1. The first-order valence-electron chi connectivity index (χ1n) is 14.2. The van der Waals surface area contributed by atoms with Crippen LogP contribution in [-0.4, -0.2) is 45.8 Å². The number of thiocarbonyl (C=S) groups is 1. The monoisotopic (exact) mass is 539 g/mol. The average molecular weight is 540 g/mol. The van der Waals surface area contributed by atoms with Crippen molar-refractivity contribution in [2.75, 3.05) is 31.2 Å². The van der Waals surface area contributed by atoms with Crippen LogP contribution in [0, 0.1) is 0 Å². The van der Waals surface area contributed by atoms with Crippen LogP contribution in [0.4, 0.5) is 5.69 Å². The number of rotatable bonds is 6. The van der Waals surface area contributed by atoms with E-state index in [1.165, 1.54) is 56.9 Å². The zero-order valence-electron chi connectivity index (χ0n) is 23.1. The van der Waals surface area contributed by atoms with Crippen molar-refractivity contribution in [2.24, 2.45) is 4.74 Å². The summed E-state index contributed by atoms with van der Waals surface area (Å²) in [6, 6.07) is 21.1. The molecular weight excluding hydrogens is 493 g/mol. The van der Waals surface area contributed by atoms with Crippen molar-refractivity contribution < 1.29 is 0 Å². The first kappa shape index (κ1) is 28.3. The van der Waals surface area contributed by atoms with E-state index >= 15 is 0 Å². The molecule has 2 fully saturated rings. The minimum atomic E-state index is -2.11. The summed E-state index contributed by atoms with van der Waals surface area (Å²) in [4.78, 5) is 0. The Morgan fingerprint density at radius 1 is 0.784 bits per heavy atom. The van der Waals surface area contributed by atoms with E-state index in [2.05, 4.69) is 101 Å². The highest BCUT2D eigenvalue weighted by molar-refractivity contribution is 7.81. The molecule has 2 aliphatic rings. The van der Waals surface area contributed by atoms with Crippen molar-refractivity contribution in [2.45, 2.75) is 83.8 Å². The molecule has 0 aliphatic carbocycles. The van der Waals surface area contributed by atoms with Gasteiger partial charge >= 0.3 is 0 Å². The highest BCUT2D eigenvalue weighted by Crippen LogP contribution is 2.66. The van der Waals surface area contributed by atoms with Crippen LogP contribution >= 0.6 is 19.6 Å². The quantitative estimate of drug-likeness (QED) is 0.228. The van der Waals surface area contributed by atoms with Gasteiger partial charge in [-0.2, -0.15) is 0 Å². The van der Waals surface area contributed by atoms with Crippen molar-refractivity contribution in [3.05, 3.63) is 66.2 Å². The SMILES string of the molecule is CC(C)(C)P(=NC(=S)NN(Cc1ccccc1)c1ccccc1)(N1CCCCCC1)N1CCCCCC1. The van der Waals surface area contributed by atoms with Gasteiger partial charge in [-0.25, -0.2) is 4.74 Å². The Kier molecular flexibility index (Phi) is 10.2. The van der Waals surface area contributed by atoms with Crippen LogP contribution < -0.4 is 10.4 Å². The van der Waals surface area contributed by atoms with E-state index in [1.807, 2.05) is 0 Å². The Hall–Kier alpha value is -1.72. The Labute approximate surface area is 230 Å². The lowest BCUT2D eigenvalue weighted by atomic mass is 10.2.